The lowest BCUT2D eigenvalue weighted by Crippen LogP contribution is -1.91. The van der Waals surface area contributed by atoms with Crippen molar-refractivity contribution in [2.75, 3.05) is 5.73 Å². The van der Waals surface area contributed by atoms with E-state index in [0.717, 1.165) is 21.3 Å². The molecule has 0 radical (unpaired) electrons. The van der Waals surface area contributed by atoms with Crippen LogP contribution in [0.2, 0.25) is 0 Å². The molecule has 2 heterocycles. The highest BCUT2D eigenvalue weighted by molar-refractivity contribution is 7.99. The summed E-state index contributed by atoms with van der Waals surface area (Å²) in [5, 5.41) is 1.11. The maximum Gasteiger partial charge on any atom is 0.137 e. The number of fused-ring (bicyclic) bond motifs is 1. The van der Waals surface area contributed by atoms with Crippen molar-refractivity contribution in [3.05, 3.63) is 54.9 Å². The molecule has 3 nitrogen and oxygen atoms in total. The number of aromatic nitrogens is 2. The zero-order valence-corrected chi connectivity index (χ0v) is 9.89. The van der Waals surface area contributed by atoms with Gasteiger partial charge < -0.3 is 5.73 Å². The number of benzene rings is 1. The summed E-state index contributed by atoms with van der Waals surface area (Å²) in [6.07, 6.45) is 3.75. The summed E-state index contributed by atoms with van der Waals surface area (Å²) in [6, 6.07) is 13.9. The number of nitrogen functional groups attached to an aromatic ring is 1. The van der Waals surface area contributed by atoms with Crippen molar-refractivity contribution in [3.63, 3.8) is 0 Å². The minimum atomic E-state index is 0.801. The minimum Gasteiger partial charge on any atom is -0.398 e. The van der Waals surface area contributed by atoms with Gasteiger partial charge in [0.25, 0.3) is 0 Å². The molecule has 2 N–H and O–H groups in total. The number of pyridine rings is 1. The second kappa shape index (κ2) is 4.14. The Morgan fingerprint density at radius 2 is 1.94 bits per heavy atom. The average molecular weight is 241 g/mol. The summed E-state index contributed by atoms with van der Waals surface area (Å²) < 4.78 is 2.05. The van der Waals surface area contributed by atoms with Gasteiger partial charge in [0.2, 0.25) is 0 Å². The second-order valence-electron chi connectivity index (χ2n) is 3.66. The van der Waals surface area contributed by atoms with Crippen LogP contribution in [0.25, 0.3) is 5.65 Å². The smallest absolute Gasteiger partial charge is 0.137 e. The Morgan fingerprint density at radius 3 is 2.82 bits per heavy atom. The van der Waals surface area contributed by atoms with E-state index >= 15 is 0 Å². The fourth-order valence-electron chi connectivity index (χ4n) is 1.69. The average Bonchev–Trinajstić information content (AvgIpc) is 2.81. The Kier molecular flexibility index (Phi) is 2.49. The lowest BCUT2D eigenvalue weighted by atomic mass is 10.3. The molecule has 0 fully saturated rings. The van der Waals surface area contributed by atoms with Crippen LogP contribution in [0.4, 0.5) is 5.69 Å². The molecule has 0 unspecified atom stereocenters. The molecule has 0 aliphatic heterocycles. The maximum atomic E-state index is 5.94. The van der Waals surface area contributed by atoms with Crippen molar-refractivity contribution in [3.8, 4) is 0 Å². The van der Waals surface area contributed by atoms with Crippen molar-refractivity contribution < 1.29 is 0 Å². The SMILES string of the molecule is Nc1ccccc1Sc1cccc2nccn12. The third kappa shape index (κ3) is 1.87. The van der Waals surface area contributed by atoms with E-state index in [1.165, 1.54) is 0 Å². The van der Waals surface area contributed by atoms with Crippen molar-refractivity contribution in [1.29, 1.82) is 0 Å². The highest BCUT2D eigenvalue weighted by Crippen LogP contribution is 2.31. The van der Waals surface area contributed by atoms with E-state index in [-0.39, 0.29) is 0 Å². The number of hydrogen-bond donors (Lipinski definition) is 1. The van der Waals surface area contributed by atoms with E-state index in [1.54, 1.807) is 18.0 Å². The standard InChI is InChI=1S/C13H11N3S/c14-10-4-1-2-5-11(10)17-13-7-3-6-12-15-8-9-16(12)13/h1-9H,14H2. The van der Waals surface area contributed by atoms with E-state index in [9.17, 15) is 0 Å². The van der Waals surface area contributed by atoms with Gasteiger partial charge in [-0.05, 0) is 24.3 Å². The van der Waals surface area contributed by atoms with Crippen molar-refractivity contribution in [2.45, 2.75) is 9.92 Å². The van der Waals surface area contributed by atoms with Gasteiger partial charge in [-0.15, -0.1) is 0 Å². The van der Waals surface area contributed by atoms with E-state index < -0.39 is 0 Å². The van der Waals surface area contributed by atoms with Crippen LogP contribution < -0.4 is 5.73 Å². The van der Waals surface area contributed by atoms with Crippen molar-refractivity contribution in [2.24, 2.45) is 0 Å². The molecule has 0 atom stereocenters. The van der Waals surface area contributed by atoms with Crippen LogP contribution in [0, 0.1) is 0 Å². The second-order valence-corrected chi connectivity index (χ2v) is 4.72. The van der Waals surface area contributed by atoms with Gasteiger partial charge in [0.15, 0.2) is 0 Å². The molecule has 2 aromatic heterocycles. The van der Waals surface area contributed by atoms with Gasteiger partial charge >= 0.3 is 0 Å². The van der Waals surface area contributed by atoms with Crippen molar-refractivity contribution in [1.82, 2.24) is 9.38 Å². The highest BCUT2D eigenvalue weighted by Gasteiger charge is 2.04. The van der Waals surface area contributed by atoms with E-state index in [1.807, 2.05) is 42.6 Å². The van der Waals surface area contributed by atoms with Crippen LogP contribution in [0.5, 0.6) is 0 Å². The van der Waals surface area contributed by atoms with E-state index in [2.05, 4.69) is 15.5 Å². The number of imidazole rings is 1. The van der Waals surface area contributed by atoms with Crippen LogP contribution in [0.3, 0.4) is 0 Å². The summed E-state index contributed by atoms with van der Waals surface area (Å²) in [5.41, 5.74) is 7.69. The Bertz CT molecular complexity index is 660. The molecule has 17 heavy (non-hydrogen) atoms. The summed E-state index contributed by atoms with van der Waals surface area (Å²) in [6.45, 7) is 0. The molecule has 0 bridgehead atoms. The maximum absolute atomic E-state index is 5.94. The number of para-hydroxylation sites is 1. The Labute approximate surface area is 103 Å². The third-order valence-electron chi connectivity index (χ3n) is 2.52. The first kappa shape index (κ1) is 10.2. The normalized spacial score (nSPS) is 10.8. The summed E-state index contributed by atoms with van der Waals surface area (Å²) >= 11 is 1.65. The first-order chi connectivity index (χ1) is 8.34. The van der Waals surface area contributed by atoms with Gasteiger partial charge in [-0.3, -0.25) is 4.40 Å². The molecule has 1 aromatic carbocycles. The monoisotopic (exact) mass is 241 g/mol. The van der Waals surface area contributed by atoms with Crippen LogP contribution >= 0.6 is 11.8 Å². The number of nitrogens with two attached hydrogens (primary N) is 1. The van der Waals surface area contributed by atoms with Crippen LogP contribution in [-0.2, 0) is 0 Å². The van der Waals surface area contributed by atoms with Gasteiger partial charge in [-0.1, -0.05) is 30.0 Å². The zero-order valence-electron chi connectivity index (χ0n) is 9.08. The predicted octanol–water partition coefficient (Wildman–Crippen LogP) is 3.07. The van der Waals surface area contributed by atoms with E-state index in [4.69, 9.17) is 5.73 Å². The Balaban J connectivity index is 2.06. The molecule has 0 spiro atoms. The molecule has 0 saturated heterocycles. The molecule has 0 saturated carbocycles. The summed E-state index contributed by atoms with van der Waals surface area (Å²) in [7, 11) is 0. The molecular formula is C13H11N3S. The van der Waals surface area contributed by atoms with Crippen LogP contribution in [0.15, 0.2) is 64.8 Å². The Morgan fingerprint density at radius 1 is 1.06 bits per heavy atom. The first-order valence-electron chi connectivity index (χ1n) is 5.29. The topological polar surface area (TPSA) is 43.3 Å². The number of nitrogens with zero attached hydrogens (tertiary/aromatic N) is 2. The molecule has 0 amide bonds. The Hall–Kier alpha value is -1.94. The number of anilines is 1. The largest absolute Gasteiger partial charge is 0.398 e. The van der Waals surface area contributed by atoms with Gasteiger partial charge in [0, 0.05) is 23.0 Å². The molecule has 4 heteroatoms. The fraction of sp³-hybridized carbons (Fsp3) is 0. The summed E-state index contributed by atoms with van der Waals surface area (Å²) in [5.74, 6) is 0. The lowest BCUT2D eigenvalue weighted by Gasteiger charge is -2.06. The quantitative estimate of drug-likeness (QED) is 0.701. The first-order valence-corrected chi connectivity index (χ1v) is 6.11. The summed E-state index contributed by atoms with van der Waals surface area (Å²) in [4.78, 5) is 5.33. The zero-order chi connectivity index (χ0) is 11.7. The third-order valence-corrected chi connectivity index (χ3v) is 3.66. The highest BCUT2D eigenvalue weighted by atomic mass is 32.2. The van der Waals surface area contributed by atoms with Gasteiger partial charge in [-0.2, -0.15) is 0 Å². The van der Waals surface area contributed by atoms with Crippen molar-refractivity contribution >= 4 is 23.1 Å². The van der Waals surface area contributed by atoms with Crippen LogP contribution in [-0.4, -0.2) is 9.38 Å². The molecule has 3 rings (SSSR count). The molecule has 0 aliphatic carbocycles. The molecule has 0 aliphatic rings. The lowest BCUT2D eigenvalue weighted by molar-refractivity contribution is 1.02. The van der Waals surface area contributed by atoms with Gasteiger partial charge in [-0.25, -0.2) is 4.98 Å². The van der Waals surface area contributed by atoms with E-state index in [0.29, 0.717) is 0 Å². The van der Waals surface area contributed by atoms with Gasteiger partial charge in [0.1, 0.15) is 5.65 Å². The molecule has 3 aromatic rings. The van der Waals surface area contributed by atoms with Gasteiger partial charge in [0.05, 0.1) is 5.03 Å². The minimum absolute atomic E-state index is 0.801. The molecule has 84 valence electrons. The fourth-order valence-corrected chi connectivity index (χ4v) is 2.65. The number of rotatable bonds is 2. The number of hydrogen-bond acceptors (Lipinski definition) is 3. The molecular weight excluding hydrogens is 230 g/mol. The van der Waals surface area contributed by atoms with Crippen LogP contribution in [0.1, 0.15) is 0 Å². The predicted molar refractivity (Wildman–Crippen MR) is 70.2 cm³/mol.